The maximum atomic E-state index is 12.5. The van der Waals surface area contributed by atoms with E-state index in [0.717, 1.165) is 29.5 Å². The van der Waals surface area contributed by atoms with E-state index in [1.165, 1.54) is 7.11 Å². The van der Waals surface area contributed by atoms with Crippen LogP contribution in [0.15, 0.2) is 52.9 Å². The minimum Gasteiger partial charge on any atom is -0.496 e. The Morgan fingerprint density at radius 3 is 2.85 bits per heavy atom. The van der Waals surface area contributed by atoms with E-state index in [2.05, 4.69) is 20.6 Å². The van der Waals surface area contributed by atoms with Crippen molar-refractivity contribution in [3.63, 3.8) is 0 Å². The first-order chi connectivity index (χ1) is 12.7. The Hall–Kier alpha value is -2.44. The molecule has 0 radical (unpaired) electrons. The molecule has 0 spiro atoms. The quantitative estimate of drug-likeness (QED) is 0.851. The lowest BCUT2D eigenvalue weighted by atomic mass is 10.1. The van der Waals surface area contributed by atoms with Gasteiger partial charge in [-0.1, -0.05) is 35.5 Å². The van der Waals surface area contributed by atoms with Gasteiger partial charge in [0.2, 0.25) is 0 Å². The smallest absolute Gasteiger partial charge is 0.259 e. The summed E-state index contributed by atoms with van der Waals surface area (Å²) in [6.07, 6.45) is 0. The molecule has 0 aliphatic carbocycles. The van der Waals surface area contributed by atoms with Gasteiger partial charge in [0, 0.05) is 22.7 Å². The molecule has 0 aromatic heterocycles. The van der Waals surface area contributed by atoms with E-state index in [1.54, 1.807) is 30.0 Å². The summed E-state index contributed by atoms with van der Waals surface area (Å²) in [6, 6.07) is 12.7. The number of rotatable bonds is 4. The fraction of sp³-hybridized carbons (Fsp3) is 0.158. The van der Waals surface area contributed by atoms with Gasteiger partial charge in [-0.3, -0.25) is 9.79 Å². The summed E-state index contributed by atoms with van der Waals surface area (Å²) >= 11 is 7.65. The number of anilines is 1. The second-order valence-electron chi connectivity index (χ2n) is 5.81. The second-order valence-corrected chi connectivity index (χ2v) is 7.09. The highest BCUT2D eigenvalue weighted by Gasteiger charge is 2.26. The number of nitrogens with one attached hydrogen (secondary N) is 1. The van der Waals surface area contributed by atoms with Crippen LogP contribution >= 0.6 is 23.4 Å². The third-order valence-electron chi connectivity index (χ3n) is 4.21. The molecule has 2 aliphatic rings. The molecular formula is C19H16ClN3O2S. The van der Waals surface area contributed by atoms with Gasteiger partial charge >= 0.3 is 0 Å². The van der Waals surface area contributed by atoms with E-state index >= 15 is 0 Å². The minimum atomic E-state index is -0.262. The number of hydrogen-bond donors (Lipinski definition) is 1. The molecular weight excluding hydrogens is 370 g/mol. The van der Waals surface area contributed by atoms with Crippen molar-refractivity contribution in [3.8, 4) is 5.75 Å². The van der Waals surface area contributed by atoms with E-state index in [-0.39, 0.29) is 5.91 Å². The highest BCUT2D eigenvalue weighted by atomic mass is 35.5. The molecule has 1 N–H and O–H groups in total. The predicted molar refractivity (Wildman–Crippen MR) is 107 cm³/mol. The number of nitrogens with zero attached hydrogens (tertiary/aromatic N) is 2. The first kappa shape index (κ1) is 17.0. The van der Waals surface area contributed by atoms with Gasteiger partial charge in [0.05, 0.1) is 24.9 Å². The first-order valence-corrected chi connectivity index (χ1v) is 9.35. The number of methoxy groups -OCH3 is 1. The minimum absolute atomic E-state index is 0.262. The van der Waals surface area contributed by atoms with Crippen LogP contribution < -0.4 is 10.1 Å². The summed E-state index contributed by atoms with van der Waals surface area (Å²) in [5.41, 5.74) is 3.36. The van der Waals surface area contributed by atoms with Crippen molar-refractivity contribution in [2.45, 2.75) is 0 Å². The normalized spacial score (nSPS) is 15.4. The summed E-state index contributed by atoms with van der Waals surface area (Å²) in [5, 5.41) is 6.54. The molecule has 132 valence electrons. The van der Waals surface area contributed by atoms with Crippen LogP contribution in [0.3, 0.4) is 0 Å². The van der Waals surface area contributed by atoms with Crippen molar-refractivity contribution >= 4 is 45.8 Å². The number of carbonyl (C=O) groups excluding carboxylic acids is 1. The Balaban J connectivity index is 1.51. The van der Waals surface area contributed by atoms with Crippen molar-refractivity contribution in [1.29, 1.82) is 0 Å². The molecule has 0 saturated heterocycles. The lowest BCUT2D eigenvalue weighted by Crippen LogP contribution is -2.19. The van der Waals surface area contributed by atoms with Crippen molar-refractivity contribution < 1.29 is 9.53 Å². The third-order valence-corrected chi connectivity index (χ3v) is 5.35. The summed E-state index contributed by atoms with van der Waals surface area (Å²) < 4.78 is 5.24. The van der Waals surface area contributed by atoms with Gasteiger partial charge in [0.25, 0.3) is 5.91 Å². The Bertz CT molecular complexity index is 925. The molecule has 2 aromatic rings. The number of benzene rings is 2. The van der Waals surface area contributed by atoms with Gasteiger partial charge in [-0.2, -0.15) is 0 Å². The number of amidine groups is 1. The molecule has 2 aromatic carbocycles. The highest BCUT2D eigenvalue weighted by molar-refractivity contribution is 8.16. The zero-order chi connectivity index (χ0) is 18.1. The Morgan fingerprint density at radius 1 is 1.27 bits per heavy atom. The number of halogens is 1. The van der Waals surface area contributed by atoms with Crippen LogP contribution in [-0.2, 0) is 0 Å². The maximum Gasteiger partial charge on any atom is 0.259 e. The maximum absolute atomic E-state index is 12.5. The topological polar surface area (TPSA) is 53.9 Å². The number of aliphatic imine (C=N–C) groups is 1. The van der Waals surface area contributed by atoms with Gasteiger partial charge < -0.3 is 15.0 Å². The average Bonchev–Trinajstić information content (AvgIpc) is 3.26. The predicted octanol–water partition coefficient (Wildman–Crippen LogP) is 4.32. The van der Waals surface area contributed by atoms with Gasteiger partial charge in [0.15, 0.2) is 5.17 Å². The van der Waals surface area contributed by atoms with Gasteiger partial charge in [-0.15, -0.1) is 0 Å². The van der Waals surface area contributed by atoms with Gasteiger partial charge in [-0.05, 0) is 35.9 Å². The molecule has 0 unspecified atom stereocenters. The number of amides is 1. The first-order valence-electron chi connectivity index (χ1n) is 8.10. The van der Waals surface area contributed by atoms with Gasteiger partial charge in [0.1, 0.15) is 5.75 Å². The molecule has 0 atom stereocenters. The lowest BCUT2D eigenvalue weighted by Gasteiger charge is -2.17. The molecule has 5 nitrogen and oxygen atoms in total. The molecule has 26 heavy (non-hydrogen) atoms. The molecule has 2 heterocycles. The lowest BCUT2D eigenvalue weighted by molar-refractivity contribution is 0.102. The summed E-state index contributed by atoms with van der Waals surface area (Å²) in [6.45, 7) is 1.76. The van der Waals surface area contributed by atoms with Crippen molar-refractivity contribution in [3.05, 3.63) is 64.0 Å². The highest BCUT2D eigenvalue weighted by Crippen LogP contribution is 2.35. The molecule has 0 fully saturated rings. The summed E-state index contributed by atoms with van der Waals surface area (Å²) in [5.74, 6) is 0.221. The Morgan fingerprint density at radius 2 is 2.08 bits per heavy atom. The number of hydrogen-bond acceptors (Lipinski definition) is 5. The third kappa shape index (κ3) is 3.18. The van der Waals surface area contributed by atoms with Gasteiger partial charge in [-0.25, -0.2) is 0 Å². The molecule has 0 saturated carbocycles. The fourth-order valence-corrected chi connectivity index (χ4v) is 4.06. The molecule has 4 rings (SSSR count). The Labute approximate surface area is 160 Å². The Kier molecular flexibility index (Phi) is 4.61. The van der Waals surface area contributed by atoms with Crippen LogP contribution in [0.25, 0.3) is 5.70 Å². The van der Waals surface area contributed by atoms with E-state index in [1.807, 2.05) is 24.3 Å². The molecule has 1 amide bonds. The van der Waals surface area contributed by atoms with E-state index in [4.69, 9.17) is 16.3 Å². The summed E-state index contributed by atoms with van der Waals surface area (Å²) in [7, 11) is 1.53. The van der Waals surface area contributed by atoms with Crippen molar-refractivity contribution in [2.24, 2.45) is 4.99 Å². The van der Waals surface area contributed by atoms with Crippen LogP contribution in [0.5, 0.6) is 5.75 Å². The largest absolute Gasteiger partial charge is 0.496 e. The number of fused-ring (bicyclic) bond motifs is 1. The zero-order valence-corrected chi connectivity index (χ0v) is 15.6. The van der Waals surface area contributed by atoms with Crippen LogP contribution in [0.1, 0.15) is 15.9 Å². The average molecular weight is 386 g/mol. The SMILES string of the molecule is COc1ccc(Cl)cc1C(=O)Nc1ccc(C2=CSC3=NCCN23)cc1. The molecule has 0 bridgehead atoms. The van der Waals surface area contributed by atoms with E-state index in [0.29, 0.717) is 22.0 Å². The van der Waals surface area contributed by atoms with Crippen LogP contribution in [0.4, 0.5) is 5.69 Å². The number of thioether (sulfide) groups is 1. The van der Waals surface area contributed by atoms with E-state index in [9.17, 15) is 4.79 Å². The molecule has 2 aliphatic heterocycles. The van der Waals surface area contributed by atoms with Crippen LogP contribution in [-0.4, -0.2) is 36.2 Å². The van der Waals surface area contributed by atoms with Crippen LogP contribution in [0.2, 0.25) is 5.02 Å². The van der Waals surface area contributed by atoms with E-state index < -0.39 is 0 Å². The standard InChI is InChI=1S/C19H16ClN3O2S/c1-25-17-7-4-13(20)10-15(17)18(24)22-14-5-2-12(3-6-14)16-11-26-19-21-8-9-23(16)19/h2-7,10-11H,8-9H2,1H3,(H,22,24). The second kappa shape index (κ2) is 7.05. The van der Waals surface area contributed by atoms with Crippen molar-refractivity contribution in [2.75, 3.05) is 25.5 Å². The number of carbonyl (C=O) groups is 1. The van der Waals surface area contributed by atoms with Crippen LogP contribution in [0, 0.1) is 0 Å². The fourth-order valence-electron chi connectivity index (χ4n) is 2.93. The monoisotopic (exact) mass is 385 g/mol. The summed E-state index contributed by atoms with van der Waals surface area (Å²) in [4.78, 5) is 19.2. The van der Waals surface area contributed by atoms with Crippen molar-refractivity contribution in [1.82, 2.24) is 4.90 Å². The molecule has 7 heteroatoms. The number of ether oxygens (including phenoxy) is 1. The zero-order valence-electron chi connectivity index (χ0n) is 14.0.